The molecule has 15 heavy (non-hydrogen) atoms. The largest absolute Gasteiger partial charge is 0.332 e. The van der Waals surface area contributed by atoms with Crippen LogP contribution in [0.3, 0.4) is 0 Å². The number of carbonyl (C=O) groups is 1. The van der Waals surface area contributed by atoms with Crippen molar-refractivity contribution in [2.45, 2.75) is 20.8 Å². The quantitative estimate of drug-likeness (QED) is 0.701. The minimum absolute atomic E-state index is 0.433. The molecule has 80 valence electrons. The van der Waals surface area contributed by atoms with Gasteiger partial charge in [-0.05, 0) is 31.2 Å². The van der Waals surface area contributed by atoms with Gasteiger partial charge in [-0.2, -0.15) is 0 Å². The van der Waals surface area contributed by atoms with Crippen LogP contribution >= 0.6 is 0 Å². The number of aromatic nitrogens is 3. The molecule has 0 bridgehead atoms. The summed E-state index contributed by atoms with van der Waals surface area (Å²) in [7, 11) is 0. The maximum atomic E-state index is 10.8. The summed E-state index contributed by atoms with van der Waals surface area (Å²) in [6.45, 7) is 5.06. The molecule has 1 rings (SSSR count). The first kappa shape index (κ1) is 11.2. The lowest BCUT2D eigenvalue weighted by Gasteiger charge is -2.00. The summed E-state index contributed by atoms with van der Waals surface area (Å²) in [5.41, 5.74) is 1.31. The highest BCUT2D eigenvalue weighted by Crippen LogP contribution is 2.08. The summed E-state index contributed by atoms with van der Waals surface area (Å²) < 4.78 is 0. The number of nitrogens with zero attached hydrogens (tertiary/aromatic N) is 3. The lowest BCUT2D eigenvalue weighted by atomic mass is 10.3. The van der Waals surface area contributed by atoms with E-state index in [9.17, 15) is 4.79 Å². The Morgan fingerprint density at radius 2 is 2.00 bits per heavy atom. The van der Waals surface area contributed by atoms with Gasteiger partial charge in [-0.1, -0.05) is 17.0 Å². The third kappa shape index (κ3) is 2.77. The molecule has 1 aromatic heterocycles. The van der Waals surface area contributed by atoms with E-state index in [-0.39, 0.29) is 0 Å². The summed E-state index contributed by atoms with van der Waals surface area (Å²) in [6, 6.07) is 0. The molecular formula is C10H13N3O2. The number of carbonyl (C=O) groups excluding carboxylic acids is 1. The van der Waals surface area contributed by atoms with E-state index in [1.165, 1.54) is 6.92 Å². The van der Waals surface area contributed by atoms with Gasteiger partial charge < -0.3 is 4.84 Å². The van der Waals surface area contributed by atoms with Crippen molar-refractivity contribution in [3.63, 3.8) is 0 Å². The van der Waals surface area contributed by atoms with Crippen molar-refractivity contribution in [1.82, 2.24) is 15.2 Å². The average molecular weight is 207 g/mol. The third-order valence-corrected chi connectivity index (χ3v) is 1.57. The maximum absolute atomic E-state index is 10.8. The second kappa shape index (κ2) is 5.09. The zero-order valence-electron chi connectivity index (χ0n) is 8.97. The molecule has 0 saturated carbocycles. The maximum Gasteiger partial charge on any atom is 0.332 e. The molecule has 0 fully saturated rings. The first-order valence-electron chi connectivity index (χ1n) is 4.59. The van der Waals surface area contributed by atoms with Crippen LogP contribution in [0, 0.1) is 0 Å². The van der Waals surface area contributed by atoms with Gasteiger partial charge in [0.2, 0.25) is 0 Å². The Kier molecular flexibility index (Phi) is 3.79. The molecule has 0 aliphatic rings. The Morgan fingerprint density at radius 3 is 2.53 bits per heavy atom. The zero-order chi connectivity index (χ0) is 11.3. The molecule has 5 nitrogen and oxygen atoms in total. The molecule has 0 unspecified atom stereocenters. The molecule has 1 aromatic rings. The molecular weight excluding hydrogens is 194 g/mol. The minimum atomic E-state index is -0.433. The van der Waals surface area contributed by atoms with E-state index in [1.807, 2.05) is 26.0 Å². The lowest BCUT2D eigenvalue weighted by Crippen LogP contribution is -2.19. The fraction of sp³-hybridized carbons (Fsp3) is 0.300. The van der Waals surface area contributed by atoms with Gasteiger partial charge in [0.05, 0.1) is 0 Å². The normalized spacial score (nSPS) is 11.4. The van der Waals surface area contributed by atoms with E-state index >= 15 is 0 Å². The van der Waals surface area contributed by atoms with Crippen LogP contribution in [-0.4, -0.2) is 21.1 Å². The van der Waals surface area contributed by atoms with E-state index in [0.717, 1.165) is 4.85 Å². The van der Waals surface area contributed by atoms with Gasteiger partial charge in [0.25, 0.3) is 0 Å². The van der Waals surface area contributed by atoms with Crippen molar-refractivity contribution in [3.05, 3.63) is 23.5 Å². The van der Waals surface area contributed by atoms with Crippen molar-refractivity contribution < 1.29 is 9.63 Å². The van der Waals surface area contributed by atoms with Gasteiger partial charge in [0.15, 0.2) is 0 Å². The van der Waals surface area contributed by atoms with Crippen LogP contribution < -0.4 is 4.84 Å². The molecule has 0 aliphatic heterocycles. The summed E-state index contributed by atoms with van der Waals surface area (Å²) in [4.78, 5) is 16.7. The van der Waals surface area contributed by atoms with Crippen molar-refractivity contribution >= 4 is 18.1 Å². The summed E-state index contributed by atoms with van der Waals surface area (Å²) in [5, 5.41) is 7.59. The molecule has 0 radical (unpaired) electrons. The van der Waals surface area contributed by atoms with Gasteiger partial charge in [0.1, 0.15) is 11.4 Å². The van der Waals surface area contributed by atoms with Crippen molar-refractivity contribution in [2.75, 3.05) is 0 Å². The highest BCUT2D eigenvalue weighted by Gasteiger charge is 2.09. The predicted octanol–water partition coefficient (Wildman–Crippen LogP) is 1.32. The Morgan fingerprint density at radius 1 is 1.33 bits per heavy atom. The van der Waals surface area contributed by atoms with Crippen LogP contribution in [0.4, 0.5) is 0 Å². The highest BCUT2D eigenvalue weighted by atomic mass is 16.7. The van der Waals surface area contributed by atoms with E-state index < -0.39 is 5.97 Å². The number of hydrogen-bond acceptors (Lipinski definition) is 4. The first-order valence-corrected chi connectivity index (χ1v) is 4.59. The molecule has 5 heteroatoms. The SMILES string of the molecule is C/C=C\c1nnn(OC(C)=O)c1/C=C\C. The highest BCUT2D eigenvalue weighted by molar-refractivity contribution is 5.67. The van der Waals surface area contributed by atoms with Crippen molar-refractivity contribution in [1.29, 1.82) is 0 Å². The smallest absolute Gasteiger partial charge is 0.318 e. The lowest BCUT2D eigenvalue weighted by molar-refractivity contribution is -0.143. The predicted molar refractivity (Wildman–Crippen MR) is 56.7 cm³/mol. The fourth-order valence-corrected chi connectivity index (χ4v) is 1.06. The molecule has 0 aromatic carbocycles. The van der Waals surface area contributed by atoms with Gasteiger partial charge in [-0.25, -0.2) is 4.79 Å². The van der Waals surface area contributed by atoms with E-state index in [2.05, 4.69) is 10.3 Å². The van der Waals surface area contributed by atoms with Gasteiger partial charge in [-0.15, -0.1) is 5.10 Å². The summed E-state index contributed by atoms with van der Waals surface area (Å²) in [6.07, 6.45) is 7.24. The Hall–Kier alpha value is -1.91. The zero-order valence-corrected chi connectivity index (χ0v) is 8.97. The standard InChI is InChI=1S/C10H13N3O2/c1-4-6-9-10(7-5-2)13(12-11-9)15-8(3)14/h4-7H,1-3H3/b6-4-,7-5-. The Bertz CT molecular complexity index is 405. The molecule has 0 saturated heterocycles. The molecule has 0 atom stereocenters. The van der Waals surface area contributed by atoms with E-state index in [4.69, 9.17) is 4.84 Å². The molecule has 1 heterocycles. The van der Waals surface area contributed by atoms with E-state index in [0.29, 0.717) is 11.4 Å². The number of allylic oxidation sites excluding steroid dienone is 2. The third-order valence-electron chi connectivity index (χ3n) is 1.57. The number of rotatable bonds is 3. The molecule has 0 N–H and O–H groups in total. The molecule has 0 spiro atoms. The van der Waals surface area contributed by atoms with Crippen LogP contribution in [0.5, 0.6) is 0 Å². The van der Waals surface area contributed by atoms with Gasteiger partial charge in [0, 0.05) is 6.92 Å². The van der Waals surface area contributed by atoms with E-state index in [1.54, 1.807) is 12.2 Å². The molecule has 0 amide bonds. The van der Waals surface area contributed by atoms with Crippen LogP contribution in [0.15, 0.2) is 12.2 Å². The summed E-state index contributed by atoms with van der Waals surface area (Å²) in [5.74, 6) is -0.433. The second-order valence-corrected chi connectivity index (χ2v) is 2.82. The second-order valence-electron chi connectivity index (χ2n) is 2.82. The van der Waals surface area contributed by atoms with Crippen molar-refractivity contribution in [2.24, 2.45) is 0 Å². The minimum Gasteiger partial charge on any atom is -0.318 e. The number of hydrogen-bond donors (Lipinski definition) is 0. The topological polar surface area (TPSA) is 57.0 Å². The Labute approximate surface area is 88.0 Å². The Balaban J connectivity index is 3.11. The van der Waals surface area contributed by atoms with Crippen LogP contribution in [0.1, 0.15) is 32.2 Å². The monoisotopic (exact) mass is 207 g/mol. The van der Waals surface area contributed by atoms with Gasteiger partial charge in [-0.3, -0.25) is 0 Å². The van der Waals surface area contributed by atoms with Crippen molar-refractivity contribution in [3.8, 4) is 0 Å². The van der Waals surface area contributed by atoms with Crippen LogP contribution in [0.2, 0.25) is 0 Å². The molecule has 0 aliphatic carbocycles. The summed E-state index contributed by atoms with van der Waals surface area (Å²) >= 11 is 0. The van der Waals surface area contributed by atoms with Crippen LogP contribution in [0.25, 0.3) is 12.2 Å². The van der Waals surface area contributed by atoms with Crippen LogP contribution in [-0.2, 0) is 4.79 Å². The first-order chi connectivity index (χ1) is 7.19. The average Bonchev–Trinajstić information content (AvgIpc) is 2.51. The van der Waals surface area contributed by atoms with Gasteiger partial charge >= 0.3 is 5.97 Å². The fourth-order valence-electron chi connectivity index (χ4n) is 1.06.